The molecule has 0 saturated carbocycles. The molecule has 23 heavy (non-hydrogen) atoms. The Bertz CT molecular complexity index is 730. The fourth-order valence-corrected chi connectivity index (χ4v) is 2.26. The third-order valence-electron chi connectivity index (χ3n) is 3.45. The van der Waals surface area contributed by atoms with E-state index in [0.29, 0.717) is 13.0 Å². The van der Waals surface area contributed by atoms with Gasteiger partial charge in [-0.05, 0) is 27.6 Å². The molecule has 3 aromatic rings. The lowest BCUT2D eigenvalue weighted by Crippen LogP contribution is -2.34. The summed E-state index contributed by atoms with van der Waals surface area (Å²) in [6.45, 7) is 0.417. The number of hydrogen-bond donors (Lipinski definition) is 1. The molecule has 1 aromatic carbocycles. The van der Waals surface area contributed by atoms with Crippen LogP contribution in [0.25, 0.3) is 0 Å². The van der Waals surface area contributed by atoms with Crippen LogP contribution in [0.2, 0.25) is 0 Å². The van der Waals surface area contributed by atoms with Crippen molar-refractivity contribution in [3.63, 3.8) is 0 Å². The van der Waals surface area contributed by atoms with E-state index < -0.39 is 6.04 Å². The van der Waals surface area contributed by atoms with Gasteiger partial charge in [0.1, 0.15) is 12.4 Å². The summed E-state index contributed by atoms with van der Waals surface area (Å²) in [5.74, 6) is -0.134. The summed E-state index contributed by atoms with van der Waals surface area (Å²) in [5, 5.41) is 14.0. The van der Waals surface area contributed by atoms with E-state index in [1.165, 1.54) is 11.0 Å². The number of rotatable bonds is 6. The number of carbonyl (C=O) groups is 1. The van der Waals surface area contributed by atoms with E-state index in [1.54, 1.807) is 12.4 Å². The lowest BCUT2D eigenvalue weighted by molar-refractivity contribution is -0.124. The van der Waals surface area contributed by atoms with Gasteiger partial charge in [0.2, 0.25) is 5.91 Å². The van der Waals surface area contributed by atoms with Crippen molar-refractivity contribution in [3.8, 4) is 0 Å². The summed E-state index contributed by atoms with van der Waals surface area (Å²) in [4.78, 5) is 16.6. The minimum absolute atomic E-state index is 0.134. The maximum atomic E-state index is 12.6. The third kappa shape index (κ3) is 3.97. The van der Waals surface area contributed by atoms with Gasteiger partial charge in [-0.1, -0.05) is 36.4 Å². The SMILES string of the molecule is O=C(NCc1cccnc1)C(Cc1ccccc1)n1cnnn1. The molecule has 0 aliphatic carbocycles. The number of tetrazole rings is 1. The fraction of sp³-hybridized carbons (Fsp3) is 0.188. The quantitative estimate of drug-likeness (QED) is 0.739. The van der Waals surface area contributed by atoms with E-state index >= 15 is 0 Å². The number of aromatic nitrogens is 5. The van der Waals surface area contributed by atoms with Crippen molar-refractivity contribution in [2.45, 2.75) is 19.0 Å². The first-order valence-electron chi connectivity index (χ1n) is 7.26. The van der Waals surface area contributed by atoms with Crippen molar-refractivity contribution in [2.75, 3.05) is 0 Å². The van der Waals surface area contributed by atoms with Crippen LogP contribution >= 0.6 is 0 Å². The van der Waals surface area contributed by atoms with Gasteiger partial charge in [-0.25, -0.2) is 4.68 Å². The number of nitrogens with one attached hydrogen (secondary N) is 1. The first kappa shape index (κ1) is 14.8. The van der Waals surface area contributed by atoms with Crippen molar-refractivity contribution in [1.82, 2.24) is 30.5 Å². The molecule has 0 bridgehead atoms. The van der Waals surface area contributed by atoms with Crippen molar-refractivity contribution >= 4 is 5.91 Å². The Hall–Kier alpha value is -3.09. The van der Waals surface area contributed by atoms with E-state index in [0.717, 1.165) is 11.1 Å². The van der Waals surface area contributed by atoms with E-state index in [4.69, 9.17) is 0 Å². The van der Waals surface area contributed by atoms with Gasteiger partial charge in [-0.15, -0.1) is 5.10 Å². The zero-order chi connectivity index (χ0) is 15.9. The minimum Gasteiger partial charge on any atom is -0.350 e. The van der Waals surface area contributed by atoms with Gasteiger partial charge in [0.15, 0.2) is 0 Å². The Morgan fingerprint density at radius 1 is 1.13 bits per heavy atom. The monoisotopic (exact) mass is 308 g/mol. The highest BCUT2D eigenvalue weighted by Crippen LogP contribution is 2.13. The highest BCUT2D eigenvalue weighted by atomic mass is 16.2. The predicted molar refractivity (Wildman–Crippen MR) is 83.1 cm³/mol. The normalized spacial score (nSPS) is 11.8. The molecule has 2 heterocycles. The molecule has 0 fully saturated rings. The Kier molecular flexibility index (Phi) is 4.68. The molecule has 0 aliphatic heterocycles. The van der Waals surface area contributed by atoms with Crippen LogP contribution in [0, 0.1) is 0 Å². The molecule has 1 atom stereocenters. The topological polar surface area (TPSA) is 85.6 Å². The first-order chi connectivity index (χ1) is 11.3. The van der Waals surface area contributed by atoms with Crippen LogP contribution in [-0.4, -0.2) is 31.1 Å². The summed E-state index contributed by atoms with van der Waals surface area (Å²) in [5.41, 5.74) is 1.99. The number of benzene rings is 1. The Labute approximate surface area is 133 Å². The summed E-state index contributed by atoms with van der Waals surface area (Å²) < 4.78 is 1.48. The Morgan fingerprint density at radius 2 is 1.96 bits per heavy atom. The Morgan fingerprint density at radius 3 is 2.65 bits per heavy atom. The molecule has 0 saturated heterocycles. The molecule has 116 valence electrons. The average molecular weight is 308 g/mol. The molecule has 1 unspecified atom stereocenters. The molecule has 1 amide bonds. The second-order valence-electron chi connectivity index (χ2n) is 5.07. The molecule has 7 heteroatoms. The maximum Gasteiger partial charge on any atom is 0.245 e. The number of carbonyl (C=O) groups excluding carboxylic acids is 1. The highest BCUT2D eigenvalue weighted by Gasteiger charge is 2.22. The van der Waals surface area contributed by atoms with Crippen molar-refractivity contribution in [2.24, 2.45) is 0 Å². The molecule has 0 aliphatic rings. The zero-order valence-corrected chi connectivity index (χ0v) is 12.4. The molecule has 2 aromatic heterocycles. The summed E-state index contributed by atoms with van der Waals surface area (Å²) in [6.07, 6.45) is 5.40. The summed E-state index contributed by atoms with van der Waals surface area (Å²) in [7, 11) is 0. The maximum absolute atomic E-state index is 12.6. The summed E-state index contributed by atoms with van der Waals surface area (Å²) >= 11 is 0. The van der Waals surface area contributed by atoms with Crippen LogP contribution in [-0.2, 0) is 17.8 Å². The van der Waals surface area contributed by atoms with Gasteiger partial charge >= 0.3 is 0 Å². The lowest BCUT2D eigenvalue weighted by atomic mass is 10.1. The van der Waals surface area contributed by atoms with Crippen LogP contribution in [0.15, 0.2) is 61.2 Å². The standard InChI is InChI=1S/C16H16N6O/c23-16(18-11-14-7-4-8-17-10-14)15(22-12-19-20-21-22)9-13-5-2-1-3-6-13/h1-8,10,12,15H,9,11H2,(H,18,23). The second kappa shape index (κ2) is 7.26. The average Bonchev–Trinajstić information content (AvgIpc) is 3.14. The van der Waals surface area contributed by atoms with Gasteiger partial charge in [0.25, 0.3) is 0 Å². The van der Waals surface area contributed by atoms with Crippen LogP contribution in [0.3, 0.4) is 0 Å². The van der Waals surface area contributed by atoms with Gasteiger partial charge in [0, 0.05) is 25.4 Å². The van der Waals surface area contributed by atoms with Crippen molar-refractivity contribution in [1.29, 1.82) is 0 Å². The number of amides is 1. The molecular formula is C16H16N6O. The smallest absolute Gasteiger partial charge is 0.245 e. The Balaban J connectivity index is 1.71. The molecular weight excluding hydrogens is 292 g/mol. The minimum atomic E-state index is -0.496. The molecule has 7 nitrogen and oxygen atoms in total. The van der Waals surface area contributed by atoms with Gasteiger partial charge < -0.3 is 5.32 Å². The highest BCUT2D eigenvalue weighted by molar-refractivity contribution is 5.80. The van der Waals surface area contributed by atoms with Crippen LogP contribution in [0.4, 0.5) is 0 Å². The largest absolute Gasteiger partial charge is 0.350 e. The zero-order valence-electron chi connectivity index (χ0n) is 12.4. The van der Waals surface area contributed by atoms with Crippen LogP contribution in [0.5, 0.6) is 0 Å². The summed E-state index contributed by atoms with van der Waals surface area (Å²) in [6, 6.07) is 13.0. The van der Waals surface area contributed by atoms with Crippen LogP contribution < -0.4 is 5.32 Å². The van der Waals surface area contributed by atoms with E-state index in [-0.39, 0.29) is 5.91 Å². The van der Waals surface area contributed by atoms with Crippen molar-refractivity contribution < 1.29 is 4.79 Å². The second-order valence-corrected chi connectivity index (χ2v) is 5.07. The third-order valence-corrected chi connectivity index (χ3v) is 3.45. The van der Waals surface area contributed by atoms with E-state index in [2.05, 4.69) is 25.8 Å². The first-order valence-corrected chi connectivity index (χ1v) is 7.26. The fourth-order valence-electron chi connectivity index (χ4n) is 2.26. The molecule has 1 N–H and O–H groups in total. The number of nitrogens with zero attached hydrogens (tertiary/aromatic N) is 5. The van der Waals surface area contributed by atoms with E-state index in [1.807, 2.05) is 42.5 Å². The van der Waals surface area contributed by atoms with Gasteiger partial charge in [-0.2, -0.15) is 0 Å². The molecule has 0 spiro atoms. The van der Waals surface area contributed by atoms with Crippen LogP contribution in [0.1, 0.15) is 17.2 Å². The lowest BCUT2D eigenvalue weighted by Gasteiger charge is -2.16. The van der Waals surface area contributed by atoms with Gasteiger partial charge in [-0.3, -0.25) is 9.78 Å². The van der Waals surface area contributed by atoms with Gasteiger partial charge in [0.05, 0.1) is 0 Å². The van der Waals surface area contributed by atoms with E-state index in [9.17, 15) is 4.79 Å². The molecule has 0 radical (unpaired) electrons. The number of hydrogen-bond acceptors (Lipinski definition) is 5. The van der Waals surface area contributed by atoms with Crippen molar-refractivity contribution in [3.05, 3.63) is 72.3 Å². The predicted octanol–water partition coefficient (Wildman–Crippen LogP) is 1.17. The molecule has 3 rings (SSSR count). The number of pyridine rings is 1.